The highest BCUT2D eigenvalue weighted by Gasteiger charge is 2.18. The van der Waals surface area contributed by atoms with E-state index in [1.807, 2.05) is 0 Å². The Morgan fingerprint density at radius 1 is 1.56 bits per heavy atom. The van der Waals surface area contributed by atoms with Crippen LogP contribution < -0.4 is 15.8 Å². The Labute approximate surface area is 104 Å². The molecule has 0 atom stereocenters. The number of rotatable bonds is 6. The van der Waals surface area contributed by atoms with Crippen LogP contribution in [-0.4, -0.2) is 30.5 Å². The van der Waals surface area contributed by atoms with E-state index in [2.05, 4.69) is 5.32 Å². The number of nitro benzene ring substituents is 1. The molecule has 0 aliphatic rings. The van der Waals surface area contributed by atoms with Crippen molar-refractivity contribution in [2.75, 3.05) is 19.7 Å². The molecule has 7 nitrogen and oxygen atoms in total. The van der Waals surface area contributed by atoms with Crippen molar-refractivity contribution in [3.8, 4) is 5.75 Å². The van der Waals surface area contributed by atoms with Gasteiger partial charge in [0.1, 0.15) is 0 Å². The smallest absolute Gasteiger partial charge is 0.311 e. The standard InChI is InChI=1S/C11H15N3O4/c1-2-18-10-4-3-8(7-9(10)14(16)17)11(15)13-6-5-12/h3-4,7H,2,5-6,12H2,1H3,(H,13,15). The highest BCUT2D eigenvalue weighted by molar-refractivity contribution is 5.95. The molecule has 0 saturated carbocycles. The van der Waals surface area contributed by atoms with E-state index in [4.69, 9.17) is 10.5 Å². The van der Waals surface area contributed by atoms with Gasteiger partial charge in [-0.05, 0) is 19.1 Å². The fourth-order valence-corrected chi connectivity index (χ4v) is 1.37. The number of benzene rings is 1. The number of nitrogens with zero attached hydrogens (tertiary/aromatic N) is 1. The van der Waals surface area contributed by atoms with Gasteiger partial charge < -0.3 is 15.8 Å². The second-order valence-electron chi connectivity index (χ2n) is 3.42. The first-order chi connectivity index (χ1) is 8.60. The molecule has 1 aromatic rings. The average molecular weight is 253 g/mol. The van der Waals surface area contributed by atoms with Gasteiger partial charge in [0, 0.05) is 24.7 Å². The first-order valence-electron chi connectivity index (χ1n) is 5.49. The van der Waals surface area contributed by atoms with Gasteiger partial charge in [-0.15, -0.1) is 0 Å². The van der Waals surface area contributed by atoms with Gasteiger partial charge in [0.05, 0.1) is 11.5 Å². The summed E-state index contributed by atoms with van der Waals surface area (Å²) in [6.07, 6.45) is 0. The molecular weight excluding hydrogens is 238 g/mol. The lowest BCUT2D eigenvalue weighted by Crippen LogP contribution is -2.29. The van der Waals surface area contributed by atoms with Crippen LogP contribution in [0.15, 0.2) is 18.2 Å². The monoisotopic (exact) mass is 253 g/mol. The zero-order chi connectivity index (χ0) is 13.5. The Hall–Kier alpha value is -2.15. The number of carbonyl (C=O) groups excluding carboxylic acids is 1. The van der Waals surface area contributed by atoms with Gasteiger partial charge >= 0.3 is 5.69 Å². The summed E-state index contributed by atoms with van der Waals surface area (Å²) in [6, 6.07) is 4.08. The molecule has 1 aromatic carbocycles. The lowest BCUT2D eigenvalue weighted by molar-refractivity contribution is -0.385. The van der Waals surface area contributed by atoms with E-state index in [0.29, 0.717) is 19.7 Å². The zero-order valence-corrected chi connectivity index (χ0v) is 10.0. The first kappa shape index (κ1) is 13.9. The molecule has 7 heteroatoms. The third-order valence-electron chi connectivity index (χ3n) is 2.15. The number of nitrogens with one attached hydrogen (secondary N) is 1. The minimum absolute atomic E-state index is 0.151. The molecule has 0 bridgehead atoms. The number of hydrogen-bond acceptors (Lipinski definition) is 5. The molecule has 1 rings (SSSR count). The predicted molar refractivity (Wildman–Crippen MR) is 65.7 cm³/mol. The van der Waals surface area contributed by atoms with Gasteiger partial charge in [-0.2, -0.15) is 0 Å². The number of carbonyl (C=O) groups is 1. The second-order valence-corrected chi connectivity index (χ2v) is 3.42. The van der Waals surface area contributed by atoms with E-state index in [9.17, 15) is 14.9 Å². The lowest BCUT2D eigenvalue weighted by Gasteiger charge is -2.07. The quantitative estimate of drug-likeness (QED) is 0.572. The topological polar surface area (TPSA) is 107 Å². The van der Waals surface area contributed by atoms with Gasteiger partial charge in [-0.1, -0.05) is 0 Å². The highest BCUT2D eigenvalue weighted by atomic mass is 16.6. The first-order valence-corrected chi connectivity index (χ1v) is 5.49. The number of nitro groups is 1. The Kier molecular flexibility index (Phi) is 5.06. The largest absolute Gasteiger partial charge is 0.487 e. The summed E-state index contributed by atoms with van der Waals surface area (Å²) in [6.45, 7) is 2.68. The molecule has 3 N–H and O–H groups in total. The van der Waals surface area contributed by atoms with E-state index < -0.39 is 10.8 Å². The van der Waals surface area contributed by atoms with Gasteiger partial charge in [0.2, 0.25) is 0 Å². The maximum Gasteiger partial charge on any atom is 0.311 e. The zero-order valence-electron chi connectivity index (χ0n) is 10.0. The molecule has 98 valence electrons. The third-order valence-corrected chi connectivity index (χ3v) is 2.15. The molecule has 0 aromatic heterocycles. The average Bonchev–Trinajstić information content (AvgIpc) is 2.36. The summed E-state index contributed by atoms with van der Waals surface area (Å²) in [5.41, 5.74) is 5.24. The molecule has 0 radical (unpaired) electrons. The van der Waals surface area contributed by atoms with Crippen LogP contribution in [0.25, 0.3) is 0 Å². The van der Waals surface area contributed by atoms with Crippen LogP contribution >= 0.6 is 0 Å². The minimum Gasteiger partial charge on any atom is -0.487 e. The molecule has 0 aliphatic carbocycles. The Morgan fingerprint density at radius 2 is 2.28 bits per heavy atom. The van der Waals surface area contributed by atoms with Crippen LogP contribution in [-0.2, 0) is 0 Å². The van der Waals surface area contributed by atoms with Crippen molar-refractivity contribution in [1.82, 2.24) is 5.32 Å². The second kappa shape index (κ2) is 6.55. The Bertz CT molecular complexity index is 448. The maximum absolute atomic E-state index is 11.6. The Balaban J connectivity index is 2.99. The van der Waals surface area contributed by atoms with Crippen LogP contribution in [0, 0.1) is 10.1 Å². The molecule has 0 aliphatic heterocycles. The fraction of sp³-hybridized carbons (Fsp3) is 0.364. The molecule has 0 fully saturated rings. The highest BCUT2D eigenvalue weighted by Crippen LogP contribution is 2.27. The van der Waals surface area contributed by atoms with E-state index >= 15 is 0 Å². The van der Waals surface area contributed by atoms with E-state index in [1.165, 1.54) is 18.2 Å². The van der Waals surface area contributed by atoms with Crippen molar-refractivity contribution in [2.24, 2.45) is 5.73 Å². The third kappa shape index (κ3) is 3.42. The number of amides is 1. The number of ether oxygens (including phenoxy) is 1. The van der Waals surface area contributed by atoms with E-state index in [1.54, 1.807) is 6.92 Å². The predicted octanol–water partition coefficient (Wildman–Crippen LogP) is 0.682. The van der Waals surface area contributed by atoms with Gasteiger partial charge in [0.25, 0.3) is 5.91 Å². The minimum atomic E-state index is -0.579. The van der Waals surface area contributed by atoms with E-state index in [-0.39, 0.29) is 17.0 Å². The van der Waals surface area contributed by atoms with E-state index in [0.717, 1.165) is 0 Å². The molecular formula is C11H15N3O4. The van der Waals surface area contributed by atoms with Gasteiger partial charge in [-0.3, -0.25) is 14.9 Å². The van der Waals surface area contributed by atoms with Crippen molar-refractivity contribution in [3.05, 3.63) is 33.9 Å². The van der Waals surface area contributed by atoms with Crippen molar-refractivity contribution in [1.29, 1.82) is 0 Å². The normalized spacial score (nSPS) is 9.89. The summed E-state index contributed by atoms with van der Waals surface area (Å²) in [5.74, 6) is -0.246. The van der Waals surface area contributed by atoms with Crippen molar-refractivity contribution < 1.29 is 14.5 Å². The van der Waals surface area contributed by atoms with Gasteiger partial charge in [0.15, 0.2) is 5.75 Å². The number of hydrogen-bond donors (Lipinski definition) is 2. The molecule has 0 spiro atoms. The van der Waals surface area contributed by atoms with Crippen LogP contribution in [0.3, 0.4) is 0 Å². The summed E-state index contributed by atoms with van der Waals surface area (Å²) in [5, 5.41) is 13.4. The Morgan fingerprint density at radius 3 is 2.83 bits per heavy atom. The molecule has 0 saturated heterocycles. The van der Waals surface area contributed by atoms with Crippen molar-refractivity contribution >= 4 is 11.6 Å². The summed E-state index contributed by atoms with van der Waals surface area (Å²) < 4.78 is 5.12. The SMILES string of the molecule is CCOc1ccc(C(=O)NCCN)cc1[N+](=O)[O-]. The van der Waals surface area contributed by atoms with Crippen LogP contribution in [0.1, 0.15) is 17.3 Å². The summed E-state index contributed by atoms with van der Waals surface area (Å²) >= 11 is 0. The molecule has 1 amide bonds. The summed E-state index contributed by atoms with van der Waals surface area (Å²) in [7, 11) is 0. The molecule has 0 heterocycles. The fourth-order valence-electron chi connectivity index (χ4n) is 1.37. The number of nitrogens with two attached hydrogens (primary N) is 1. The lowest BCUT2D eigenvalue weighted by atomic mass is 10.1. The van der Waals surface area contributed by atoms with Crippen LogP contribution in [0.2, 0.25) is 0 Å². The van der Waals surface area contributed by atoms with Crippen molar-refractivity contribution in [3.63, 3.8) is 0 Å². The van der Waals surface area contributed by atoms with Crippen LogP contribution in [0.5, 0.6) is 5.75 Å². The van der Waals surface area contributed by atoms with Crippen molar-refractivity contribution in [2.45, 2.75) is 6.92 Å². The van der Waals surface area contributed by atoms with Crippen LogP contribution in [0.4, 0.5) is 5.69 Å². The molecule has 18 heavy (non-hydrogen) atoms. The maximum atomic E-state index is 11.6. The molecule has 0 unspecified atom stereocenters. The van der Waals surface area contributed by atoms with Gasteiger partial charge in [-0.25, -0.2) is 0 Å². The summed E-state index contributed by atoms with van der Waals surface area (Å²) in [4.78, 5) is 21.9.